The van der Waals surface area contributed by atoms with E-state index in [9.17, 15) is 8.42 Å². The van der Waals surface area contributed by atoms with Gasteiger partial charge >= 0.3 is 0 Å². The topological polar surface area (TPSA) is 46.2 Å². The van der Waals surface area contributed by atoms with E-state index in [1.165, 1.54) is 47.3 Å². The van der Waals surface area contributed by atoms with Crippen molar-refractivity contribution >= 4 is 21.2 Å². The first-order chi connectivity index (χ1) is 8.49. The molecule has 0 radical (unpaired) electrons. The predicted octanol–water partition coefficient (Wildman–Crippen LogP) is 2.32. The average Bonchev–Trinajstić information content (AvgIpc) is 2.71. The SMILES string of the molecule is CNC(CCS(C)(=O)=O)c1cc2c(s1)CCCC2. The Morgan fingerprint density at radius 2 is 2.11 bits per heavy atom. The third-order valence-electron chi connectivity index (χ3n) is 3.48. The molecule has 0 spiro atoms. The van der Waals surface area contributed by atoms with Gasteiger partial charge in [-0.1, -0.05) is 0 Å². The highest BCUT2D eigenvalue weighted by Gasteiger charge is 2.19. The highest BCUT2D eigenvalue weighted by atomic mass is 32.2. The Hall–Kier alpha value is -0.390. The van der Waals surface area contributed by atoms with Gasteiger partial charge < -0.3 is 5.32 Å². The number of thiophene rings is 1. The Labute approximate surface area is 114 Å². The van der Waals surface area contributed by atoms with Crippen LogP contribution in [0.15, 0.2) is 6.07 Å². The van der Waals surface area contributed by atoms with E-state index in [2.05, 4.69) is 11.4 Å². The summed E-state index contributed by atoms with van der Waals surface area (Å²) in [5.74, 6) is 0.251. The van der Waals surface area contributed by atoms with Gasteiger partial charge in [-0.25, -0.2) is 8.42 Å². The lowest BCUT2D eigenvalue weighted by Gasteiger charge is -2.13. The van der Waals surface area contributed by atoms with E-state index in [4.69, 9.17) is 0 Å². The molecule has 0 saturated carbocycles. The van der Waals surface area contributed by atoms with Crippen LogP contribution in [-0.2, 0) is 22.7 Å². The second-order valence-electron chi connectivity index (χ2n) is 5.06. The normalized spacial score (nSPS) is 17.4. The first kappa shape index (κ1) is 14.0. The highest BCUT2D eigenvalue weighted by Crippen LogP contribution is 2.33. The molecule has 0 fully saturated rings. The molecule has 0 aliphatic heterocycles. The van der Waals surface area contributed by atoms with E-state index in [1.807, 2.05) is 18.4 Å². The van der Waals surface area contributed by atoms with Crippen LogP contribution in [0.4, 0.5) is 0 Å². The van der Waals surface area contributed by atoms with Crippen molar-refractivity contribution < 1.29 is 8.42 Å². The van der Waals surface area contributed by atoms with Crippen LogP contribution in [0.2, 0.25) is 0 Å². The number of aryl methyl sites for hydroxylation is 2. The lowest BCUT2D eigenvalue weighted by atomic mass is 9.98. The van der Waals surface area contributed by atoms with Gasteiger partial charge in [0, 0.05) is 22.1 Å². The second-order valence-corrected chi connectivity index (χ2v) is 8.49. The van der Waals surface area contributed by atoms with Crippen molar-refractivity contribution in [1.29, 1.82) is 0 Å². The molecule has 1 unspecified atom stereocenters. The Balaban J connectivity index is 2.10. The molecule has 1 N–H and O–H groups in total. The predicted molar refractivity (Wildman–Crippen MR) is 77.1 cm³/mol. The zero-order chi connectivity index (χ0) is 13.2. The van der Waals surface area contributed by atoms with Gasteiger partial charge in [-0.15, -0.1) is 11.3 Å². The van der Waals surface area contributed by atoms with Crippen molar-refractivity contribution in [1.82, 2.24) is 5.32 Å². The van der Waals surface area contributed by atoms with Gasteiger partial charge in [0.2, 0.25) is 0 Å². The maximum atomic E-state index is 11.3. The summed E-state index contributed by atoms with van der Waals surface area (Å²) in [5, 5.41) is 3.25. The molecule has 1 aliphatic rings. The number of fused-ring (bicyclic) bond motifs is 1. The Kier molecular flexibility index (Phi) is 4.45. The van der Waals surface area contributed by atoms with Crippen LogP contribution in [0, 0.1) is 0 Å². The molecule has 2 rings (SSSR count). The second kappa shape index (κ2) is 5.72. The maximum Gasteiger partial charge on any atom is 0.147 e. The van der Waals surface area contributed by atoms with E-state index >= 15 is 0 Å². The summed E-state index contributed by atoms with van der Waals surface area (Å²) in [7, 11) is -0.966. The number of rotatable bonds is 5. The van der Waals surface area contributed by atoms with Gasteiger partial charge in [-0.05, 0) is 50.8 Å². The van der Waals surface area contributed by atoms with Crippen LogP contribution in [0.5, 0.6) is 0 Å². The summed E-state index contributed by atoms with van der Waals surface area (Å²) in [4.78, 5) is 2.81. The monoisotopic (exact) mass is 287 g/mol. The standard InChI is InChI=1S/C13H21NO2S2/c1-14-11(7-8-18(2,15)16)13-9-10-5-3-4-6-12(10)17-13/h9,11,14H,3-8H2,1-2H3. The van der Waals surface area contributed by atoms with Gasteiger partial charge in [0.15, 0.2) is 0 Å². The summed E-state index contributed by atoms with van der Waals surface area (Å²) in [6.45, 7) is 0. The van der Waals surface area contributed by atoms with Crippen LogP contribution in [0.25, 0.3) is 0 Å². The molecule has 1 aliphatic carbocycles. The van der Waals surface area contributed by atoms with E-state index in [0.29, 0.717) is 6.42 Å². The Morgan fingerprint density at radius 1 is 1.39 bits per heavy atom. The fourth-order valence-electron chi connectivity index (χ4n) is 2.45. The van der Waals surface area contributed by atoms with Crippen molar-refractivity contribution in [2.24, 2.45) is 0 Å². The lowest BCUT2D eigenvalue weighted by Crippen LogP contribution is -2.18. The molecule has 5 heteroatoms. The average molecular weight is 287 g/mol. The molecule has 3 nitrogen and oxygen atoms in total. The largest absolute Gasteiger partial charge is 0.312 e. The van der Waals surface area contributed by atoms with E-state index < -0.39 is 9.84 Å². The molecular formula is C13H21NO2S2. The van der Waals surface area contributed by atoms with Crippen molar-refractivity contribution in [3.63, 3.8) is 0 Å². The molecule has 18 heavy (non-hydrogen) atoms. The third-order valence-corrected chi connectivity index (χ3v) is 5.81. The summed E-state index contributed by atoms with van der Waals surface area (Å²) in [5.41, 5.74) is 1.49. The minimum absolute atomic E-state index is 0.176. The molecule has 1 aromatic heterocycles. The van der Waals surface area contributed by atoms with Gasteiger partial charge in [0.05, 0.1) is 5.75 Å². The highest BCUT2D eigenvalue weighted by molar-refractivity contribution is 7.90. The molecule has 0 amide bonds. The number of sulfone groups is 1. The molecule has 0 bridgehead atoms. The van der Waals surface area contributed by atoms with Crippen LogP contribution in [0.3, 0.4) is 0 Å². The quantitative estimate of drug-likeness (QED) is 0.904. The van der Waals surface area contributed by atoms with Crippen LogP contribution >= 0.6 is 11.3 Å². The molecule has 1 atom stereocenters. The van der Waals surface area contributed by atoms with Gasteiger partial charge in [0.1, 0.15) is 9.84 Å². The fourth-order valence-corrected chi connectivity index (χ4v) is 4.51. The third kappa shape index (κ3) is 3.56. The lowest BCUT2D eigenvalue weighted by molar-refractivity contribution is 0.564. The van der Waals surface area contributed by atoms with E-state index in [-0.39, 0.29) is 11.8 Å². The minimum atomic E-state index is -2.87. The number of hydrogen-bond donors (Lipinski definition) is 1. The summed E-state index contributed by atoms with van der Waals surface area (Å²) < 4.78 is 22.5. The van der Waals surface area contributed by atoms with E-state index in [1.54, 1.807) is 0 Å². The van der Waals surface area contributed by atoms with Crippen molar-refractivity contribution in [3.05, 3.63) is 21.4 Å². The summed E-state index contributed by atoms with van der Waals surface area (Å²) >= 11 is 1.86. The van der Waals surface area contributed by atoms with Crippen LogP contribution < -0.4 is 5.32 Å². The Bertz CT molecular complexity index is 482. The number of nitrogens with one attached hydrogen (secondary N) is 1. The maximum absolute atomic E-state index is 11.3. The fraction of sp³-hybridized carbons (Fsp3) is 0.692. The molecular weight excluding hydrogens is 266 g/mol. The number of hydrogen-bond acceptors (Lipinski definition) is 4. The zero-order valence-electron chi connectivity index (χ0n) is 11.0. The minimum Gasteiger partial charge on any atom is -0.312 e. The van der Waals surface area contributed by atoms with Gasteiger partial charge in [0.25, 0.3) is 0 Å². The molecule has 0 saturated heterocycles. The smallest absolute Gasteiger partial charge is 0.147 e. The summed E-state index contributed by atoms with van der Waals surface area (Å²) in [6, 6.07) is 2.46. The first-order valence-electron chi connectivity index (χ1n) is 6.46. The molecule has 0 aromatic carbocycles. The van der Waals surface area contributed by atoms with Crippen molar-refractivity contribution in [2.75, 3.05) is 19.1 Å². The summed E-state index contributed by atoms with van der Waals surface area (Å²) in [6.07, 6.45) is 6.93. The molecule has 1 aromatic rings. The zero-order valence-corrected chi connectivity index (χ0v) is 12.7. The van der Waals surface area contributed by atoms with Crippen LogP contribution in [-0.4, -0.2) is 27.5 Å². The van der Waals surface area contributed by atoms with Crippen molar-refractivity contribution in [3.8, 4) is 0 Å². The Morgan fingerprint density at radius 3 is 2.72 bits per heavy atom. The molecule has 102 valence electrons. The first-order valence-corrected chi connectivity index (χ1v) is 9.34. The van der Waals surface area contributed by atoms with Crippen molar-refractivity contribution in [2.45, 2.75) is 38.1 Å². The molecule has 1 heterocycles. The van der Waals surface area contributed by atoms with Crippen LogP contribution in [0.1, 0.15) is 40.6 Å². The van der Waals surface area contributed by atoms with E-state index in [0.717, 1.165) is 0 Å². The van der Waals surface area contributed by atoms with Gasteiger partial charge in [-0.3, -0.25) is 0 Å². The van der Waals surface area contributed by atoms with Gasteiger partial charge in [-0.2, -0.15) is 0 Å².